The summed E-state index contributed by atoms with van der Waals surface area (Å²) in [5.74, 6) is 1.30. The predicted molar refractivity (Wildman–Crippen MR) is 97.9 cm³/mol. The van der Waals surface area contributed by atoms with Crippen LogP contribution in [0.2, 0.25) is 0 Å². The van der Waals surface area contributed by atoms with Crippen LogP contribution in [0.5, 0.6) is 11.5 Å². The van der Waals surface area contributed by atoms with Gasteiger partial charge >= 0.3 is 0 Å². The Hall–Kier alpha value is -2.86. The largest absolute Gasteiger partial charge is 0.497 e. The van der Waals surface area contributed by atoms with Crippen molar-refractivity contribution in [1.82, 2.24) is 4.98 Å². The van der Waals surface area contributed by atoms with Crippen molar-refractivity contribution in [2.24, 2.45) is 0 Å². The molecule has 0 radical (unpaired) electrons. The molecule has 1 heterocycles. The van der Waals surface area contributed by atoms with Crippen LogP contribution in [0.15, 0.2) is 42.5 Å². The molecule has 3 aromatic rings. The predicted octanol–water partition coefficient (Wildman–Crippen LogP) is 3.98. The van der Waals surface area contributed by atoms with E-state index in [-0.39, 0.29) is 5.91 Å². The first-order chi connectivity index (χ1) is 12.2. The number of hydrogen-bond donors (Lipinski definition) is 1. The number of aromatic nitrogens is 1. The molecule has 0 unspecified atom stereocenters. The van der Waals surface area contributed by atoms with Gasteiger partial charge in [0.05, 0.1) is 19.9 Å². The molecule has 1 amide bonds. The molecule has 126 valence electrons. The highest BCUT2D eigenvalue weighted by Crippen LogP contribution is 2.42. The maximum Gasteiger partial charge on any atom is 0.257 e. The molecule has 5 nitrogen and oxygen atoms in total. The van der Waals surface area contributed by atoms with E-state index in [4.69, 9.17) is 9.47 Å². The molecule has 1 aliphatic rings. The maximum absolute atomic E-state index is 12.4. The van der Waals surface area contributed by atoms with Gasteiger partial charge in [-0.05, 0) is 42.0 Å². The van der Waals surface area contributed by atoms with Gasteiger partial charge in [-0.25, -0.2) is 4.98 Å². The third-order valence-corrected chi connectivity index (χ3v) is 5.14. The van der Waals surface area contributed by atoms with Crippen LogP contribution in [0.25, 0.3) is 11.3 Å². The first-order valence-electron chi connectivity index (χ1n) is 7.80. The van der Waals surface area contributed by atoms with Crippen LogP contribution in [0, 0.1) is 0 Å². The third kappa shape index (κ3) is 2.85. The number of anilines is 1. The number of methoxy groups -OCH3 is 2. The highest BCUT2D eigenvalue weighted by molar-refractivity contribution is 7.16. The van der Waals surface area contributed by atoms with E-state index in [0.29, 0.717) is 16.4 Å². The molecule has 1 N–H and O–H groups in total. The lowest BCUT2D eigenvalue weighted by molar-refractivity contribution is 0.102. The second kappa shape index (κ2) is 6.22. The minimum absolute atomic E-state index is 0.193. The van der Waals surface area contributed by atoms with Gasteiger partial charge in [-0.3, -0.25) is 10.1 Å². The minimum atomic E-state index is -0.193. The number of thiazole rings is 1. The van der Waals surface area contributed by atoms with Crippen LogP contribution in [-0.2, 0) is 6.42 Å². The summed E-state index contributed by atoms with van der Waals surface area (Å²) in [6.45, 7) is 0. The highest BCUT2D eigenvalue weighted by Gasteiger charge is 2.24. The van der Waals surface area contributed by atoms with Crippen molar-refractivity contribution in [3.8, 4) is 22.8 Å². The van der Waals surface area contributed by atoms with E-state index >= 15 is 0 Å². The van der Waals surface area contributed by atoms with Crippen molar-refractivity contribution >= 4 is 22.4 Å². The summed E-state index contributed by atoms with van der Waals surface area (Å²) < 4.78 is 10.4. The molecule has 0 saturated carbocycles. The SMILES string of the molecule is COc1cccc(C(=O)Nc2nc3c(s2)Cc2cc(OC)ccc2-3)c1. The fraction of sp³-hybridized carbons (Fsp3) is 0.158. The van der Waals surface area contributed by atoms with Crippen LogP contribution in [0.4, 0.5) is 5.13 Å². The highest BCUT2D eigenvalue weighted by atomic mass is 32.1. The zero-order valence-electron chi connectivity index (χ0n) is 13.8. The van der Waals surface area contributed by atoms with Gasteiger partial charge in [0.1, 0.15) is 11.5 Å². The minimum Gasteiger partial charge on any atom is -0.497 e. The number of nitrogens with zero attached hydrogens (tertiary/aromatic N) is 1. The molecule has 0 fully saturated rings. The summed E-state index contributed by atoms with van der Waals surface area (Å²) >= 11 is 1.51. The molecule has 0 saturated heterocycles. The monoisotopic (exact) mass is 352 g/mol. The van der Waals surface area contributed by atoms with Crippen molar-refractivity contribution in [3.05, 3.63) is 58.5 Å². The van der Waals surface area contributed by atoms with Crippen molar-refractivity contribution in [1.29, 1.82) is 0 Å². The van der Waals surface area contributed by atoms with Crippen LogP contribution in [0.1, 0.15) is 20.8 Å². The van der Waals surface area contributed by atoms with Gasteiger partial charge in [-0.2, -0.15) is 0 Å². The quantitative estimate of drug-likeness (QED) is 0.603. The summed E-state index contributed by atoms with van der Waals surface area (Å²) in [5, 5.41) is 3.49. The maximum atomic E-state index is 12.4. The number of rotatable bonds is 4. The number of fused-ring (bicyclic) bond motifs is 3. The van der Waals surface area contributed by atoms with Gasteiger partial charge in [0, 0.05) is 22.4 Å². The average Bonchev–Trinajstić information content (AvgIpc) is 3.17. The van der Waals surface area contributed by atoms with E-state index in [2.05, 4.69) is 10.3 Å². The number of nitrogens with one attached hydrogen (secondary N) is 1. The fourth-order valence-electron chi connectivity index (χ4n) is 2.92. The fourth-order valence-corrected chi connectivity index (χ4v) is 3.91. The van der Waals surface area contributed by atoms with E-state index in [1.54, 1.807) is 38.5 Å². The van der Waals surface area contributed by atoms with E-state index in [1.807, 2.05) is 18.2 Å². The van der Waals surface area contributed by atoms with Gasteiger partial charge in [-0.15, -0.1) is 11.3 Å². The Balaban J connectivity index is 1.57. The lowest BCUT2D eigenvalue weighted by atomic mass is 10.1. The van der Waals surface area contributed by atoms with Gasteiger partial charge < -0.3 is 9.47 Å². The summed E-state index contributed by atoms with van der Waals surface area (Å²) in [7, 11) is 3.24. The molecule has 6 heteroatoms. The van der Waals surface area contributed by atoms with E-state index < -0.39 is 0 Å². The molecule has 1 aliphatic carbocycles. The van der Waals surface area contributed by atoms with Crippen LogP contribution in [0.3, 0.4) is 0 Å². The van der Waals surface area contributed by atoms with Crippen LogP contribution >= 0.6 is 11.3 Å². The number of carbonyl (C=O) groups is 1. The van der Waals surface area contributed by atoms with E-state index in [9.17, 15) is 4.79 Å². The second-order valence-corrected chi connectivity index (χ2v) is 6.76. The molecule has 2 aromatic carbocycles. The zero-order chi connectivity index (χ0) is 17.4. The molecule has 25 heavy (non-hydrogen) atoms. The lowest BCUT2D eigenvalue weighted by Crippen LogP contribution is -2.11. The van der Waals surface area contributed by atoms with Crippen LogP contribution < -0.4 is 14.8 Å². The molecular formula is C19H16N2O3S. The number of amides is 1. The third-order valence-electron chi connectivity index (χ3n) is 4.17. The number of carbonyl (C=O) groups excluding carboxylic acids is 1. The summed E-state index contributed by atoms with van der Waals surface area (Å²) in [5.41, 5.74) is 3.80. The van der Waals surface area contributed by atoms with Gasteiger partial charge in [0.25, 0.3) is 5.91 Å². The molecular weight excluding hydrogens is 336 g/mol. The van der Waals surface area contributed by atoms with Crippen molar-refractivity contribution in [2.45, 2.75) is 6.42 Å². The Morgan fingerprint density at radius 2 is 1.92 bits per heavy atom. The molecule has 1 aromatic heterocycles. The molecule has 0 atom stereocenters. The summed E-state index contributed by atoms with van der Waals surface area (Å²) in [6, 6.07) is 13.0. The molecule has 0 aliphatic heterocycles. The first-order valence-corrected chi connectivity index (χ1v) is 8.62. The van der Waals surface area contributed by atoms with E-state index in [1.165, 1.54) is 16.9 Å². The summed E-state index contributed by atoms with van der Waals surface area (Å²) in [6.07, 6.45) is 0.814. The molecule has 4 rings (SSSR count). The Morgan fingerprint density at radius 3 is 2.72 bits per heavy atom. The van der Waals surface area contributed by atoms with Gasteiger partial charge in [-0.1, -0.05) is 6.07 Å². The smallest absolute Gasteiger partial charge is 0.257 e. The van der Waals surface area contributed by atoms with Crippen molar-refractivity contribution < 1.29 is 14.3 Å². The van der Waals surface area contributed by atoms with E-state index in [0.717, 1.165) is 28.3 Å². The molecule has 0 bridgehead atoms. The normalized spacial score (nSPS) is 11.6. The van der Waals surface area contributed by atoms with Crippen molar-refractivity contribution in [3.63, 3.8) is 0 Å². The number of benzene rings is 2. The molecule has 0 spiro atoms. The first kappa shape index (κ1) is 15.7. The van der Waals surface area contributed by atoms with Gasteiger partial charge in [0.15, 0.2) is 5.13 Å². The Labute approximate surface area is 149 Å². The second-order valence-electron chi connectivity index (χ2n) is 5.68. The van der Waals surface area contributed by atoms with Crippen molar-refractivity contribution in [2.75, 3.05) is 19.5 Å². The lowest BCUT2D eigenvalue weighted by Gasteiger charge is -2.05. The Bertz CT molecular complexity index is 965. The Kier molecular flexibility index (Phi) is 3.89. The Morgan fingerprint density at radius 1 is 1.12 bits per heavy atom. The zero-order valence-corrected chi connectivity index (χ0v) is 14.6. The van der Waals surface area contributed by atoms with Gasteiger partial charge in [0.2, 0.25) is 0 Å². The summed E-state index contributed by atoms with van der Waals surface area (Å²) in [4.78, 5) is 18.2. The van der Waals surface area contributed by atoms with Crippen LogP contribution in [-0.4, -0.2) is 25.1 Å². The topological polar surface area (TPSA) is 60.5 Å². The standard InChI is InChI=1S/C19H16N2O3S/c1-23-13-5-3-4-11(8-13)18(22)21-19-20-17-15-7-6-14(24-2)9-12(15)10-16(17)25-19/h3-9H,10H2,1-2H3,(H,20,21,22). The number of hydrogen-bond acceptors (Lipinski definition) is 5. The average molecular weight is 352 g/mol. The number of ether oxygens (including phenoxy) is 2.